The van der Waals surface area contributed by atoms with Crippen LogP contribution in [-0.2, 0) is 11.3 Å². The Morgan fingerprint density at radius 3 is 2.46 bits per heavy atom. The van der Waals surface area contributed by atoms with E-state index in [-0.39, 0.29) is 0 Å². The number of rotatable bonds is 10. The maximum absolute atomic E-state index is 5.35. The zero-order chi connectivity index (χ0) is 17.8. The Labute approximate surface area is 153 Å². The average Bonchev–Trinajstić information content (AvgIpc) is 2.59. The number of ether oxygens (including phenoxy) is 3. The van der Waals surface area contributed by atoms with E-state index in [1.165, 1.54) is 0 Å². The summed E-state index contributed by atoms with van der Waals surface area (Å²) >= 11 is 3.56. The number of benzene rings is 1. The van der Waals surface area contributed by atoms with Crippen LogP contribution in [0.4, 0.5) is 0 Å². The normalized spacial score (nSPS) is 11.3. The lowest BCUT2D eigenvalue weighted by molar-refractivity contribution is 0.145. The molecule has 2 N–H and O–H groups in total. The molecule has 6 nitrogen and oxygen atoms in total. The van der Waals surface area contributed by atoms with Gasteiger partial charge in [0.25, 0.3) is 0 Å². The van der Waals surface area contributed by atoms with E-state index in [9.17, 15) is 0 Å². The van der Waals surface area contributed by atoms with E-state index < -0.39 is 0 Å². The molecule has 0 aliphatic rings. The second-order valence-electron chi connectivity index (χ2n) is 4.97. The molecule has 0 aliphatic carbocycles. The Bertz CT molecular complexity index is 524. The number of nitrogens with one attached hydrogen (secondary N) is 2. The first-order valence-corrected chi connectivity index (χ1v) is 8.95. The maximum atomic E-state index is 5.35. The van der Waals surface area contributed by atoms with Crippen molar-refractivity contribution in [2.45, 2.75) is 26.8 Å². The summed E-state index contributed by atoms with van der Waals surface area (Å²) in [6.45, 7) is 7.71. The highest BCUT2D eigenvalue weighted by Gasteiger charge is 2.09. The lowest BCUT2D eigenvalue weighted by atomic mass is 10.2. The minimum Gasteiger partial charge on any atom is -0.493 e. The first-order chi connectivity index (χ1) is 11.7. The molecule has 0 spiro atoms. The number of nitrogens with zero attached hydrogens (tertiary/aromatic N) is 1. The van der Waals surface area contributed by atoms with E-state index in [4.69, 9.17) is 14.2 Å². The SMILES string of the molecule is CCNC(=NCc1cc(OC)c(OC)cc1Br)NCCCOCC. The van der Waals surface area contributed by atoms with Crippen LogP contribution >= 0.6 is 15.9 Å². The Morgan fingerprint density at radius 1 is 1.12 bits per heavy atom. The van der Waals surface area contributed by atoms with Gasteiger partial charge in [-0.05, 0) is 38.0 Å². The van der Waals surface area contributed by atoms with Gasteiger partial charge in [0.2, 0.25) is 0 Å². The molecule has 0 bridgehead atoms. The van der Waals surface area contributed by atoms with Crippen LogP contribution in [0.5, 0.6) is 11.5 Å². The fourth-order valence-electron chi connectivity index (χ4n) is 2.05. The Hall–Kier alpha value is -1.47. The first-order valence-electron chi connectivity index (χ1n) is 8.16. The standard InChI is InChI=1S/C17H28BrN3O3/c1-5-19-17(20-8-7-9-24-6-2)21-12-13-10-15(22-3)16(23-4)11-14(13)18/h10-11H,5-9,12H2,1-4H3,(H2,19,20,21). The molecule has 1 rings (SSSR count). The van der Waals surface area contributed by atoms with Gasteiger partial charge in [-0.25, -0.2) is 4.99 Å². The Kier molecular flexibility index (Phi) is 10.3. The van der Waals surface area contributed by atoms with Crippen molar-refractivity contribution in [3.8, 4) is 11.5 Å². The van der Waals surface area contributed by atoms with Crippen molar-refractivity contribution in [3.05, 3.63) is 22.2 Å². The van der Waals surface area contributed by atoms with Crippen LogP contribution in [0.15, 0.2) is 21.6 Å². The highest BCUT2D eigenvalue weighted by Crippen LogP contribution is 2.33. The monoisotopic (exact) mass is 401 g/mol. The average molecular weight is 402 g/mol. The third-order valence-corrected chi connectivity index (χ3v) is 4.00. The van der Waals surface area contributed by atoms with E-state index in [1.807, 2.05) is 26.0 Å². The second kappa shape index (κ2) is 12.0. The number of hydrogen-bond acceptors (Lipinski definition) is 4. The van der Waals surface area contributed by atoms with Crippen LogP contribution in [0, 0.1) is 0 Å². The van der Waals surface area contributed by atoms with Crippen LogP contribution in [0.1, 0.15) is 25.8 Å². The third-order valence-electron chi connectivity index (χ3n) is 3.27. The molecular weight excluding hydrogens is 374 g/mol. The number of halogens is 1. The van der Waals surface area contributed by atoms with Gasteiger partial charge in [0, 0.05) is 30.8 Å². The Morgan fingerprint density at radius 2 is 1.83 bits per heavy atom. The van der Waals surface area contributed by atoms with Gasteiger partial charge >= 0.3 is 0 Å². The summed E-state index contributed by atoms with van der Waals surface area (Å²) in [5, 5.41) is 6.55. The number of aliphatic imine (C=N–C) groups is 1. The maximum Gasteiger partial charge on any atom is 0.191 e. The van der Waals surface area contributed by atoms with Crippen LogP contribution in [0.2, 0.25) is 0 Å². The van der Waals surface area contributed by atoms with Gasteiger partial charge in [-0.2, -0.15) is 0 Å². The van der Waals surface area contributed by atoms with Crippen molar-refractivity contribution in [3.63, 3.8) is 0 Å². The summed E-state index contributed by atoms with van der Waals surface area (Å²) in [5.74, 6) is 2.18. The lowest BCUT2D eigenvalue weighted by Crippen LogP contribution is -2.38. The van der Waals surface area contributed by atoms with Gasteiger partial charge in [-0.1, -0.05) is 15.9 Å². The first kappa shape index (κ1) is 20.6. The van der Waals surface area contributed by atoms with Crippen LogP contribution < -0.4 is 20.1 Å². The summed E-state index contributed by atoms with van der Waals surface area (Å²) in [6, 6.07) is 3.83. The van der Waals surface area contributed by atoms with Crippen molar-refractivity contribution in [2.75, 3.05) is 40.5 Å². The highest BCUT2D eigenvalue weighted by atomic mass is 79.9. The van der Waals surface area contributed by atoms with Crippen molar-refractivity contribution < 1.29 is 14.2 Å². The van der Waals surface area contributed by atoms with Crippen molar-refractivity contribution >= 4 is 21.9 Å². The molecule has 0 fully saturated rings. The summed E-state index contributed by atoms with van der Waals surface area (Å²) in [7, 11) is 3.25. The summed E-state index contributed by atoms with van der Waals surface area (Å²) in [4.78, 5) is 4.62. The van der Waals surface area contributed by atoms with E-state index >= 15 is 0 Å². The van der Waals surface area contributed by atoms with E-state index in [0.717, 1.165) is 48.7 Å². The Balaban J connectivity index is 2.71. The number of guanidine groups is 1. The highest BCUT2D eigenvalue weighted by molar-refractivity contribution is 9.10. The van der Waals surface area contributed by atoms with E-state index in [1.54, 1.807) is 14.2 Å². The fourth-order valence-corrected chi connectivity index (χ4v) is 2.50. The fraction of sp³-hybridized carbons (Fsp3) is 0.588. The van der Waals surface area contributed by atoms with Crippen molar-refractivity contribution in [1.29, 1.82) is 0 Å². The largest absolute Gasteiger partial charge is 0.493 e. The molecule has 0 radical (unpaired) electrons. The van der Waals surface area contributed by atoms with Gasteiger partial charge in [-0.15, -0.1) is 0 Å². The van der Waals surface area contributed by atoms with Crippen LogP contribution in [0.25, 0.3) is 0 Å². The molecule has 1 aromatic carbocycles. The van der Waals surface area contributed by atoms with Crippen LogP contribution in [-0.4, -0.2) is 46.5 Å². The summed E-state index contributed by atoms with van der Waals surface area (Å²) in [6.07, 6.45) is 0.943. The van der Waals surface area contributed by atoms with Gasteiger partial charge in [-0.3, -0.25) is 0 Å². The topological polar surface area (TPSA) is 64.1 Å². The predicted molar refractivity (Wildman–Crippen MR) is 101 cm³/mol. The predicted octanol–water partition coefficient (Wildman–Crippen LogP) is 2.95. The molecule has 0 aliphatic heterocycles. The zero-order valence-electron chi connectivity index (χ0n) is 14.9. The smallest absolute Gasteiger partial charge is 0.191 e. The molecule has 0 unspecified atom stereocenters. The minimum absolute atomic E-state index is 0.529. The molecule has 0 saturated heterocycles. The lowest BCUT2D eigenvalue weighted by Gasteiger charge is -2.13. The molecular formula is C17H28BrN3O3. The molecule has 136 valence electrons. The van der Waals surface area contributed by atoms with Gasteiger partial charge < -0.3 is 24.8 Å². The molecule has 0 heterocycles. The molecule has 24 heavy (non-hydrogen) atoms. The molecule has 0 saturated carbocycles. The second-order valence-corrected chi connectivity index (χ2v) is 5.83. The molecule has 1 aromatic rings. The molecule has 0 amide bonds. The summed E-state index contributed by atoms with van der Waals surface area (Å²) < 4.78 is 16.9. The van der Waals surface area contributed by atoms with Gasteiger partial charge in [0.1, 0.15) is 0 Å². The van der Waals surface area contributed by atoms with E-state index in [2.05, 4.69) is 31.6 Å². The zero-order valence-corrected chi connectivity index (χ0v) is 16.5. The summed E-state index contributed by atoms with van der Waals surface area (Å²) in [5.41, 5.74) is 1.03. The van der Waals surface area contributed by atoms with Crippen molar-refractivity contribution in [1.82, 2.24) is 10.6 Å². The van der Waals surface area contributed by atoms with E-state index in [0.29, 0.717) is 18.0 Å². The molecule has 7 heteroatoms. The van der Waals surface area contributed by atoms with Crippen LogP contribution in [0.3, 0.4) is 0 Å². The van der Waals surface area contributed by atoms with Gasteiger partial charge in [0.05, 0.1) is 20.8 Å². The number of hydrogen-bond donors (Lipinski definition) is 2. The quantitative estimate of drug-likeness (QED) is 0.358. The number of methoxy groups -OCH3 is 2. The minimum atomic E-state index is 0.529. The molecule has 0 atom stereocenters. The van der Waals surface area contributed by atoms with Gasteiger partial charge in [0.15, 0.2) is 17.5 Å². The third kappa shape index (κ3) is 6.97. The molecule has 0 aromatic heterocycles. The van der Waals surface area contributed by atoms with Crippen molar-refractivity contribution in [2.24, 2.45) is 4.99 Å².